The lowest BCUT2D eigenvalue weighted by molar-refractivity contribution is 0.0468. The lowest BCUT2D eigenvalue weighted by Gasteiger charge is -2.04. The molecule has 2 heterocycles. The maximum absolute atomic E-state index is 12.9. The molecule has 2 aromatic heterocycles. The number of halogens is 1. The third-order valence-electron chi connectivity index (χ3n) is 3.85. The highest BCUT2D eigenvalue weighted by molar-refractivity contribution is 7.09. The molecule has 0 saturated carbocycles. The van der Waals surface area contributed by atoms with Crippen molar-refractivity contribution in [2.75, 3.05) is 0 Å². The lowest BCUT2D eigenvalue weighted by atomic mass is 10.1. The molecule has 0 saturated heterocycles. The third-order valence-corrected chi connectivity index (χ3v) is 4.73. The van der Waals surface area contributed by atoms with Crippen LogP contribution in [0.5, 0.6) is 5.75 Å². The van der Waals surface area contributed by atoms with E-state index < -0.39 is 5.97 Å². The predicted molar refractivity (Wildman–Crippen MR) is 102 cm³/mol. The van der Waals surface area contributed by atoms with Crippen molar-refractivity contribution in [2.45, 2.75) is 13.2 Å². The van der Waals surface area contributed by atoms with Gasteiger partial charge in [0.2, 0.25) is 12.3 Å². The van der Waals surface area contributed by atoms with E-state index in [0.717, 1.165) is 5.01 Å². The Kier molecular flexibility index (Phi) is 5.57. The largest absolute Gasteiger partial charge is 0.486 e. The fourth-order valence-corrected chi connectivity index (χ4v) is 3.12. The van der Waals surface area contributed by atoms with Crippen molar-refractivity contribution in [2.24, 2.45) is 0 Å². The summed E-state index contributed by atoms with van der Waals surface area (Å²) >= 11 is 1.40. The molecule has 0 bridgehead atoms. The van der Waals surface area contributed by atoms with Crippen LogP contribution in [0.1, 0.15) is 21.1 Å². The molecule has 9 heteroatoms. The van der Waals surface area contributed by atoms with Crippen LogP contribution in [0.25, 0.3) is 11.5 Å². The maximum atomic E-state index is 12.9. The van der Waals surface area contributed by atoms with E-state index in [0.29, 0.717) is 28.5 Å². The minimum absolute atomic E-state index is 0.0529. The topological polar surface area (TPSA) is 87.3 Å². The molecular weight excluding hydrogens is 397 g/mol. The van der Waals surface area contributed by atoms with Gasteiger partial charge in [-0.05, 0) is 48.5 Å². The van der Waals surface area contributed by atoms with Crippen molar-refractivity contribution in [3.63, 3.8) is 0 Å². The van der Waals surface area contributed by atoms with E-state index in [9.17, 15) is 9.18 Å². The number of carbonyl (C=O) groups is 1. The summed E-state index contributed by atoms with van der Waals surface area (Å²) in [4.78, 5) is 16.6. The van der Waals surface area contributed by atoms with Gasteiger partial charge in [0.1, 0.15) is 29.8 Å². The number of ether oxygens (including phenoxy) is 2. The molecular formula is C20H14FN3O4S. The van der Waals surface area contributed by atoms with Crippen molar-refractivity contribution < 1.29 is 23.1 Å². The molecule has 0 aliphatic heterocycles. The zero-order valence-electron chi connectivity index (χ0n) is 14.9. The molecule has 29 heavy (non-hydrogen) atoms. The Bertz CT molecular complexity index is 1080. The Morgan fingerprint density at radius 1 is 1.07 bits per heavy atom. The second-order valence-electron chi connectivity index (χ2n) is 5.87. The summed E-state index contributed by atoms with van der Waals surface area (Å²) < 4.78 is 28.9. The van der Waals surface area contributed by atoms with Crippen molar-refractivity contribution in [1.29, 1.82) is 0 Å². The second kappa shape index (κ2) is 8.61. The van der Waals surface area contributed by atoms with Gasteiger partial charge in [-0.1, -0.05) is 0 Å². The molecule has 0 radical (unpaired) electrons. The van der Waals surface area contributed by atoms with E-state index in [-0.39, 0.29) is 19.0 Å². The number of benzene rings is 2. The third kappa shape index (κ3) is 4.82. The van der Waals surface area contributed by atoms with Crippen molar-refractivity contribution in [1.82, 2.24) is 15.2 Å². The molecule has 0 fully saturated rings. The van der Waals surface area contributed by atoms with Gasteiger partial charge in [0, 0.05) is 10.9 Å². The Balaban J connectivity index is 1.29. The molecule has 4 rings (SSSR count). The van der Waals surface area contributed by atoms with E-state index >= 15 is 0 Å². The van der Waals surface area contributed by atoms with Crippen molar-refractivity contribution >= 4 is 17.3 Å². The Labute approximate surface area is 168 Å². The van der Waals surface area contributed by atoms with Crippen LogP contribution in [0.4, 0.5) is 4.39 Å². The van der Waals surface area contributed by atoms with Crippen molar-refractivity contribution in [3.05, 3.63) is 82.4 Å². The number of aromatic nitrogens is 3. The normalized spacial score (nSPS) is 10.7. The summed E-state index contributed by atoms with van der Waals surface area (Å²) in [7, 11) is 0. The number of carbonyl (C=O) groups excluding carboxylic acids is 1. The monoisotopic (exact) mass is 411 g/mol. The van der Waals surface area contributed by atoms with E-state index in [1.54, 1.807) is 41.8 Å². The number of thiazole rings is 1. The van der Waals surface area contributed by atoms with Gasteiger partial charge < -0.3 is 13.9 Å². The second-order valence-corrected chi connectivity index (χ2v) is 6.82. The summed E-state index contributed by atoms with van der Waals surface area (Å²) in [6.45, 7) is 0.304. The van der Waals surface area contributed by atoms with E-state index in [1.165, 1.54) is 29.9 Å². The zero-order valence-corrected chi connectivity index (χ0v) is 15.8. The van der Waals surface area contributed by atoms with Crippen LogP contribution < -0.4 is 4.74 Å². The number of nitrogens with zero attached hydrogens (tertiary/aromatic N) is 3. The molecule has 0 spiro atoms. The summed E-state index contributed by atoms with van der Waals surface area (Å²) in [5.41, 5.74) is 1.75. The van der Waals surface area contributed by atoms with Crippen LogP contribution in [0.15, 0.2) is 64.7 Å². The van der Waals surface area contributed by atoms with Crippen LogP contribution in [-0.4, -0.2) is 21.2 Å². The minimum Gasteiger partial charge on any atom is -0.486 e. The Hall–Kier alpha value is -3.59. The first-order chi connectivity index (χ1) is 14.2. The van der Waals surface area contributed by atoms with Gasteiger partial charge in [-0.3, -0.25) is 0 Å². The van der Waals surface area contributed by atoms with Crippen molar-refractivity contribution in [3.8, 4) is 17.2 Å². The fraction of sp³-hybridized carbons (Fsp3) is 0.100. The van der Waals surface area contributed by atoms with Gasteiger partial charge in [-0.2, -0.15) is 0 Å². The van der Waals surface area contributed by atoms with Gasteiger partial charge in [0.25, 0.3) is 0 Å². The number of hydrogen-bond acceptors (Lipinski definition) is 8. The molecule has 0 unspecified atom stereocenters. The molecule has 0 amide bonds. The minimum atomic E-state index is -0.459. The lowest BCUT2D eigenvalue weighted by Crippen LogP contribution is -2.05. The summed E-state index contributed by atoms with van der Waals surface area (Å²) in [5, 5.41) is 9.95. The highest BCUT2D eigenvalue weighted by Gasteiger charge is 2.11. The first-order valence-electron chi connectivity index (χ1n) is 8.53. The number of hydrogen-bond donors (Lipinski definition) is 0. The van der Waals surface area contributed by atoms with Gasteiger partial charge in [0.15, 0.2) is 0 Å². The van der Waals surface area contributed by atoms with E-state index in [1.807, 2.05) is 0 Å². The van der Waals surface area contributed by atoms with Crippen LogP contribution >= 0.6 is 11.3 Å². The molecule has 0 N–H and O–H groups in total. The zero-order chi connectivity index (χ0) is 20.1. The average Bonchev–Trinajstić information content (AvgIpc) is 3.44. The molecule has 4 aromatic rings. The highest BCUT2D eigenvalue weighted by atomic mass is 32.1. The van der Waals surface area contributed by atoms with Gasteiger partial charge in [-0.15, -0.1) is 21.5 Å². The quantitative estimate of drug-likeness (QED) is 0.420. The molecule has 146 valence electrons. The summed E-state index contributed by atoms with van der Waals surface area (Å²) in [6, 6.07) is 12.4. The SMILES string of the molecule is O=C(OCc1csc(COc2ccc(F)cc2)n1)c1ccc(-c2nnco2)cc1. The van der Waals surface area contributed by atoms with Crippen LogP contribution in [0.2, 0.25) is 0 Å². The molecule has 0 atom stereocenters. The number of rotatable bonds is 7. The van der Waals surface area contributed by atoms with Gasteiger partial charge in [-0.25, -0.2) is 14.2 Å². The number of esters is 1. The van der Waals surface area contributed by atoms with E-state index in [2.05, 4.69) is 15.2 Å². The average molecular weight is 411 g/mol. The molecule has 7 nitrogen and oxygen atoms in total. The summed E-state index contributed by atoms with van der Waals surface area (Å²) in [6.07, 6.45) is 1.24. The Morgan fingerprint density at radius 2 is 1.86 bits per heavy atom. The van der Waals surface area contributed by atoms with E-state index in [4.69, 9.17) is 13.9 Å². The smallest absolute Gasteiger partial charge is 0.338 e. The maximum Gasteiger partial charge on any atom is 0.338 e. The standard InChI is InChI=1S/C20H14FN3O4S/c21-15-5-7-17(8-6-15)26-10-18-23-16(11-29-18)9-27-20(25)14-3-1-13(2-4-14)19-24-22-12-28-19/h1-8,11-12H,9-10H2. The van der Waals surface area contributed by atoms with Crippen LogP contribution in [-0.2, 0) is 18.0 Å². The predicted octanol–water partition coefficient (Wildman–Crippen LogP) is 4.27. The van der Waals surface area contributed by atoms with Crippen LogP contribution in [0.3, 0.4) is 0 Å². The first kappa shape index (κ1) is 18.8. The molecule has 0 aliphatic carbocycles. The fourth-order valence-electron chi connectivity index (χ4n) is 2.43. The molecule has 2 aromatic carbocycles. The highest BCUT2D eigenvalue weighted by Crippen LogP contribution is 2.19. The van der Waals surface area contributed by atoms with Crippen LogP contribution in [0, 0.1) is 5.82 Å². The first-order valence-corrected chi connectivity index (χ1v) is 9.41. The molecule has 0 aliphatic rings. The Morgan fingerprint density at radius 3 is 2.59 bits per heavy atom. The van der Waals surface area contributed by atoms with Gasteiger partial charge >= 0.3 is 5.97 Å². The summed E-state index contributed by atoms with van der Waals surface area (Å²) in [5.74, 6) is 0.153. The van der Waals surface area contributed by atoms with Gasteiger partial charge in [0.05, 0.1) is 11.3 Å².